The van der Waals surface area contributed by atoms with Gasteiger partial charge in [-0.05, 0) is 36.6 Å². The van der Waals surface area contributed by atoms with Crippen LogP contribution in [0, 0.1) is 11.7 Å². The molecular formula is C16H26FNO. The highest BCUT2D eigenvalue weighted by atomic mass is 19.1. The minimum absolute atomic E-state index is 0.261. The first-order valence-corrected chi connectivity index (χ1v) is 7.22. The molecule has 0 heterocycles. The average Bonchev–Trinajstić information content (AvgIpc) is 2.43. The minimum Gasteiger partial charge on any atom is -0.388 e. The molecule has 0 bridgehead atoms. The third kappa shape index (κ3) is 5.70. The van der Waals surface area contributed by atoms with Gasteiger partial charge in [-0.25, -0.2) is 4.39 Å². The second-order valence-electron chi connectivity index (χ2n) is 5.26. The summed E-state index contributed by atoms with van der Waals surface area (Å²) in [7, 11) is 0. The Labute approximate surface area is 116 Å². The molecule has 0 spiro atoms. The maximum atomic E-state index is 12.8. The fourth-order valence-electron chi connectivity index (χ4n) is 2.10. The van der Waals surface area contributed by atoms with E-state index in [1.54, 1.807) is 12.1 Å². The van der Waals surface area contributed by atoms with E-state index in [2.05, 4.69) is 25.7 Å². The first-order chi connectivity index (χ1) is 9.06. The number of aliphatic hydroxyl groups excluding tert-OH is 1. The van der Waals surface area contributed by atoms with E-state index in [-0.39, 0.29) is 5.82 Å². The minimum atomic E-state index is -0.508. The molecule has 2 unspecified atom stereocenters. The smallest absolute Gasteiger partial charge is 0.123 e. The molecular weight excluding hydrogens is 241 g/mol. The van der Waals surface area contributed by atoms with Crippen LogP contribution in [0.4, 0.5) is 4.39 Å². The molecule has 2 nitrogen and oxygen atoms in total. The van der Waals surface area contributed by atoms with Crippen LogP contribution in [0.2, 0.25) is 0 Å². The second-order valence-corrected chi connectivity index (χ2v) is 5.26. The molecule has 1 aromatic carbocycles. The van der Waals surface area contributed by atoms with Crippen LogP contribution < -0.4 is 0 Å². The lowest BCUT2D eigenvalue weighted by molar-refractivity contribution is 0.138. The number of aliphatic hydroxyl groups is 1. The van der Waals surface area contributed by atoms with Crippen molar-refractivity contribution in [2.75, 3.05) is 19.6 Å². The number of hydrogen-bond donors (Lipinski definition) is 1. The second kappa shape index (κ2) is 8.28. The zero-order valence-electron chi connectivity index (χ0n) is 12.3. The number of nitrogens with zero attached hydrogens (tertiary/aromatic N) is 1. The van der Waals surface area contributed by atoms with Gasteiger partial charge in [-0.3, -0.25) is 0 Å². The van der Waals surface area contributed by atoms with Gasteiger partial charge in [0, 0.05) is 13.1 Å². The van der Waals surface area contributed by atoms with Gasteiger partial charge in [0.2, 0.25) is 0 Å². The van der Waals surface area contributed by atoms with Crippen LogP contribution >= 0.6 is 0 Å². The summed E-state index contributed by atoms with van der Waals surface area (Å²) in [6.45, 7) is 9.54. The fourth-order valence-corrected chi connectivity index (χ4v) is 2.10. The maximum absolute atomic E-state index is 12.8. The van der Waals surface area contributed by atoms with Gasteiger partial charge >= 0.3 is 0 Å². The Kier molecular flexibility index (Phi) is 7.03. The molecule has 0 amide bonds. The van der Waals surface area contributed by atoms with Crippen molar-refractivity contribution in [1.82, 2.24) is 4.90 Å². The lowest BCUT2D eigenvalue weighted by atomic mass is 10.1. The Morgan fingerprint density at radius 1 is 1.21 bits per heavy atom. The van der Waals surface area contributed by atoms with Crippen molar-refractivity contribution in [1.29, 1.82) is 0 Å². The zero-order valence-corrected chi connectivity index (χ0v) is 12.3. The van der Waals surface area contributed by atoms with E-state index in [9.17, 15) is 9.50 Å². The molecule has 0 aliphatic rings. The summed E-state index contributed by atoms with van der Waals surface area (Å²) in [5.41, 5.74) is 0.793. The Balaban J connectivity index is 2.43. The molecule has 1 rings (SSSR count). The van der Waals surface area contributed by atoms with Gasteiger partial charge in [0.05, 0.1) is 6.10 Å². The summed E-state index contributed by atoms with van der Waals surface area (Å²) in [4.78, 5) is 2.36. The third-order valence-electron chi connectivity index (χ3n) is 3.69. The molecule has 0 radical (unpaired) electrons. The predicted octanol–water partition coefficient (Wildman–Crippen LogP) is 3.62. The van der Waals surface area contributed by atoms with E-state index >= 15 is 0 Å². The molecule has 108 valence electrons. The van der Waals surface area contributed by atoms with Crippen molar-refractivity contribution in [3.63, 3.8) is 0 Å². The zero-order chi connectivity index (χ0) is 14.3. The highest BCUT2D eigenvalue weighted by molar-refractivity contribution is 5.18. The van der Waals surface area contributed by atoms with Gasteiger partial charge < -0.3 is 10.0 Å². The van der Waals surface area contributed by atoms with Crippen LogP contribution in [-0.2, 0) is 0 Å². The molecule has 19 heavy (non-hydrogen) atoms. The molecule has 1 N–H and O–H groups in total. The van der Waals surface area contributed by atoms with Gasteiger partial charge in [-0.1, -0.05) is 39.3 Å². The van der Waals surface area contributed by atoms with Crippen LogP contribution in [0.15, 0.2) is 24.3 Å². The molecule has 0 aliphatic heterocycles. The SMILES string of the molecule is CCC(C)CN(CC)CCC(O)c1ccc(F)cc1. The number of rotatable bonds is 8. The third-order valence-corrected chi connectivity index (χ3v) is 3.69. The van der Waals surface area contributed by atoms with Crippen LogP contribution in [0.25, 0.3) is 0 Å². The van der Waals surface area contributed by atoms with E-state index in [0.717, 1.165) is 25.2 Å². The quantitative estimate of drug-likeness (QED) is 0.777. The van der Waals surface area contributed by atoms with E-state index in [1.165, 1.54) is 18.6 Å². The van der Waals surface area contributed by atoms with E-state index in [4.69, 9.17) is 0 Å². The van der Waals surface area contributed by atoms with E-state index in [1.807, 2.05) is 0 Å². The van der Waals surface area contributed by atoms with Gasteiger partial charge in [-0.15, -0.1) is 0 Å². The standard InChI is InChI=1S/C16H26FNO/c1-4-13(3)12-18(5-2)11-10-16(19)14-6-8-15(17)9-7-14/h6-9,13,16,19H,4-5,10-12H2,1-3H3. The monoisotopic (exact) mass is 267 g/mol. The van der Waals surface area contributed by atoms with Gasteiger partial charge in [0.25, 0.3) is 0 Å². The van der Waals surface area contributed by atoms with Crippen molar-refractivity contribution < 1.29 is 9.50 Å². The maximum Gasteiger partial charge on any atom is 0.123 e. The van der Waals surface area contributed by atoms with Gasteiger partial charge in [-0.2, -0.15) is 0 Å². The lowest BCUT2D eigenvalue weighted by Gasteiger charge is -2.24. The van der Waals surface area contributed by atoms with E-state index < -0.39 is 6.10 Å². The molecule has 0 saturated carbocycles. The van der Waals surface area contributed by atoms with E-state index in [0.29, 0.717) is 12.3 Å². The molecule has 3 heteroatoms. The summed E-state index contributed by atoms with van der Waals surface area (Å²) < 4.78 is 12.8. The van der Waals surface area contributed by atoms with Crippen LogP contribution in [-0.4, -0.2) is 29.6 Å². The Morgan fingerprint density at radius 2 is 1.84 bits per heavy atom. The Hall–Kier alpha value is -0.930. The molecule has 0 aromatic heterocycles. The van der Waals surface area contributed by atoms with Crippen molar-refractivity contribution in [3.8, 4) is 0 Å². The molecule has 0 fully saturated rings. The van der Waals surface area contributed by atoms with Gasteiger partial charge in [0.1, 0.15) is 5.82 Å². The largest absolute Gasteiger partial charge is 0.388 e. The number of hydrogen-bond acceptors (Lipinski definition) is 2. The summed E-state index contributed by atoms with van der Waals surface area (Å²) in [6.07, 6.45) is 1.36. The highest BCUT2D eigenvalue weighted by Crippen LogP contribution is 2.17. The normalized spacial score (nSPS) is 14.6. The lowest BCUT2D eigenvalue weighted by Crippen LogP contribution is -2.30. The topological polar surface area (TPSA) is 23.5 Å². The van der Waals surface area contributed by atoms with Crippen molar-refractivity contribution in [2.45, 2.75) is 39.7 Å². The molecule has 0 saturated heterocycles. The molecule has 0 aliphatic carbocycles. The van der Waals surface area contributed by atoms with Crippen molar-refractivity contribution >= 4 is 0 Å². The fraction of sp³-hybridized carbons (Fsp3) is 0.625. The van der Waals surface area contributed by atoms with Gasteiger partial charge in [0.15, 0.2) is 0 Å². The van der Waals surface area contributed by atoms with Crippen LogP contribution in [0.1, 0.15) is 45.3 Å². The van der Waals surface area contributed by atoms with Crippen LogP contribution in [0.3, 0.4) is 0 Å². The molecule has 1 aromatic rings. The first-order valence-electron chi connectivity index (χ1n) is 7.22. The summed E-state index contributed by atoms with van der Waals surface area (Å²) in [6, 6.07) is 6.11. The summed E-state index contributed by atoms with van der Waals surface area (Å²) in [5.74, 6) is 0.422. The average molecular weight is 267 g/mol. The highest BCUT2D eigenvalue weighted by Gasteiger charge is 2.12. The first kappa shape index (κ1) is 16.1. The number of benzene rings is 1. The Bertz CT molecular complexity index is 352. The summed E-state index contributed by atoms with van der Waals surface area (Å²) in [5, 5.41) is 10.1. The predicted molar refractivity (Wildman–Crippen MR) is 77.5 cm³/mol. The van der Waals surface area contributed by atoms with Crippen molar-refractivity contribution in [3.05, 3.63) is 35.6 Å². The summed E-state index contributed by atoms with van der Waals surface area (Å²) >= 11 is 0. The molecule has 2 atom stereocenters. The van der Waals surface area contributed by atoms with Crippen molar-refractivity contribution in [2.24, 2.45) is 5.92 Å². The Morgan fingerprint density at radius 3 is 2.37 bits per heavy atom. The van der Waals surface area contributed by atoms with Crippen LogP contribution in [0.5, 0.6) is 0 Å². The number of halogens is 1.